The molecule has 1 aromatic heterocycles. The Kier molecular flexibility index (Phi) is 2.92. The van der Waals surface area contributed by atoms with E-state index in [0.29, 0.717) is 20.6 Å². The van der Waals surface area contributed by atoms with Gasteiger partial charge in [0, 0.05) is 9.64 Å². The molecule has 0 aliphatic heterocycles. The van der Waals surface area contributed by atoms with Crippen LogP contribution in [0.3, 0.4) is 0 Å². The molecule has 1 heterocycles. The van der Waals surface area contributed by atoms with Crippen LogP contribution in [0.1, 0.15) is 11.3 Å². The number of H-pyrrole nitrogens is 1. The van der Waals surface area contributed by atoms with Crippen molar-refractivity contribution in [2.75, 3.05) is 0 Å². The fourth-order valence-electron chi connectivity index (χ4n) is 1.61. The number of hydrogen-bond acceptors (Lipinski definition) is 1. The molecule has 0 unspecified atom stereocenters. The molecular weight excluding hydrogens is 346 g/mol. The normalized spacial score (nSPS) is 12.1. The van der Waals surface area contributed by atoms with Crippen LogP contribution in [0.2, 0.25) is 0 Å². The number of nitrogens with one attached hydrogen (secondary N) is 1. The van der Waals surface area contributed by atoms with E-state index in [2.05, 4.69) is 4.98 Å². The lowest BCUT2D eigenvalue weighted by molar-refractivity contribution is -0.141. The molecule has 0 aliphatic rings. The predicted octanol–water partition coefficient (Wildman–Crippen LogP) is 3.46. The third-order valence-corrected chi connectivity index (χ3v) is 3.35. The highest BCUT2D eigenvalue weighted by atomic mass is 127. The SMILES string of the molecule is Cc1ccc(I)c2c(=O)cc(C(F)(F)F)[nH]c12. The lowest BCUT2D eigenvalue weighted by atomic mass is 10.1. The number of aryl methyl sites for hydroxylation is 1. The first-order valence-electron chi connectivity index (χ1n) is 4.70. The maximum absolute atomic E-state index is 12.6. The molecule has 0 saturated heterocycles. The summed E-state index contributed by atoms with van der Waals surface area (Å²) in [5.41, 5.74) is -0.764. The molecule has 6 heteroatoms. The first-order valence-corrected chi connectivity index (χ1v) is 5.78. The summed E-state index contributed by atoms with van der Waals surface area (Å²) in [6.07, 6.45) is -4.54. The van der Waals surface area contributed by atoms with Gasteiger partial charge in [-0.2, -0.15) is 13.2 Å². The van der Waals surface area contributed by atoms with E-state index in [4.69, 9.17) is 0 Å². The topological polar surface area (TPSA) is 32.9 Å². The van der Waals surface area contributed by atoms with Crippen LogP contribution in [0.5, 0.6) is 0 Å². The number of alkyl halides is 3. The third kappa shape index (κ3) is 2.18. The van der Waals surface area contributed by atoms with Crippen molar-refractivity contribution in [2.24, 2.45) is 0 Å². The molecule has 0 bridgehead atoms. The second-order valence-electron chi connectivity index (χ2n) is 3.66. The van der Waals surface area contributed by atoms with E-state index in [0.717, 1.165) is 0 Å². The molecule has 0 saturated carbocycles. The highest BCUT2D eigenvalue weighted by molar-refractivity contribution is 14.1. The Labute approximate surface area is 108 Å². The number of fused-ring (bicyclic) bond motifs is 1. The summed E-state index contributed by atoms with van der Waals surface area (Å²) in [7, 11) is 0. The van der Waals surface area contributed by atoms with Gasteiger partial charge in [0.15, 0.2) is 5.43 Å². The number of halogens is 4. The van der Waals surface area contributed by atoms with E-state index in [9.17, 15) is 18.0 Å². The van der Waals surface area contributed by atoms with E-state index in [-0.39, 0.29) is 5.52 Å². The van der Waals surface area contributed by atoms with Crippen LogP contribution in [0.4, 0.5) is 13.2 Å². The zero-order valence-electron chi connectivity index (χ0n) is 8.65. The highest BCUT2D eigenvalue weighted by Crippen LogP contribution is 2.29. The number of benzene rings is 1. The summed E-state index contributed by atoms with van der Waals surface area (Å²) in [5.74, 6) is 0. The second-order valence-corrected chi connectivity index (χ2v) is 4.82. The average Bonchev–Trinajstić information content (AvgIpc) is 2.21. The van der Waals surface area contributed by atoms with Crippen molar-refractivity contribution in [2.45, 2.75) is 13.1 Å². The lowest BCUT2D eigenvalue weighted by Gasteiger charge is -2.10. The Bertz CT molecular complexity index is 645. The molecule has 0 fully saturated rings. The average molecular weight is 353 g/mol. The molecule has 17 heavy (non-hydrogen) atoms. The minimum atomic E-state index is -4.54. The van der Waals surface area contributed by atoms with Gasteiger partial charge in [-0.15, -0.1) is 0 Å². The Morgan fingerprint density at radius 1 is 1.29 bits per heavy atom. The van der Waals surface area contributed by atoms with Crippen molar-refractivity contribution in [3.63, 3.8) is 0 Å². The molecule has 1 N–H and O–H groups in total. The van der Waals surface area contributed by atoms with Crippen LogP contribution in [-0.2, 0) is 6.18 Å². The molecule has 2 rings (SSSR count). The van der Waals surface area contributed by atoms with Crippen LogP contribution in [-0.4, -0.2) is 4.98 Å². The first-order chi connectivity index (χ1) is 7.80. The Morgan fingerprint density at radius 2 is 1.94 bits per heavy atom. The highest BCUT2D eigenvalue weighted by Gasteiger charge is 2.32. The van der Waals surface area contributed by atoms with Crippen molar-refractivity contribution in [1.29, 1.82) is 0 Å². The molecule has 2 aromatic rings. The third-order valence-electron chi connectivity index (χ3n) is 2.45. The second kappa shape index (κ2) is 4.01. The van der Waals surface area contributed by atoms with Gasteiger partial charge in [-0.3, -0.25) is 4.79 Å². The van der Waals surface area contributed by atoms with Gasteiger partial charge >= 0.3 is 6.18 Å². The fourth-order valence-corrected chi connectivity index (χ4v) is 2.33. The number of aromatic nitrogens is 1. The van der Waals surface area contributed by atoms with Crippen molar-refractivity contribution >= 4 is 33.5 Å². The van der Waals surface area contributed by atoms with Crippen molar-refractivity contribution in [3.8, 4) is 0 Å². The van der Waals surface area contributed by atoms with Crippen molar-refractivity contribution in [3.05, 3.63) is 43.2 Å². The van der Waals surface area contributed by atoms with Crippen LogP contribution in [0.15, 0.2) is 23.0 Å². The van der Waals surface area contributed by atoms with Crippen LogP contribution >= 0.6 is 22.6 Å². The van der Waals surface area contributed by atoms with Crippen molar-refractivity contribution < 1.29 is 13.2 Å². The smallest absolute Gasteiger partial charge is 0.351 e. The van der Waals surface area contributed by atoms with E-state index in [1.807, 2.05) is 22.6 Å². The minimum Gasteiger partial charge on any atom is -0.351 e. The monoisotopic (exact) mass is 353 g/mol. The molecule has 0 spiro atoms. The zero-order chi connectivity index (χ0) is 12.8. The molecule has 0 amide bonds. The standard InChI is InChI=1S/C11H7F3INO/c1-5-2-3-6(15)9-7(17)4-8(11(12,13)14)16-10(5)9/h2-4H,1H3,(H,16,17). The van der Waals surface area contributed by atoms with Gasteiger partial charge in [-0.1, -0.05) is 6.07 Å². The van der Waals surface area contributed by atoms with Gasteiger partial charge in [0.2, 0.25) is 0 Å². The quantitative estimate of drug-likeness (QED) is 0.723. The van der Waals surface area contributed by atoms with Gasteiger partial charge in [0.25, 0.3) is 0 Å². The maximum atomic E-state index is 12.6. The van der Waals surface area contributed by atoms with Crippen molar-refractivity contribution in [1.82, 2.24) is 4.98 Å². The molecule has 2 nitrogen and oxygen atoms in total. The molecule has 0 radical (unpaired) electrons. The van der Waals surface area contributed by atoms with Gasteiger partial charge in [0.1, 0.15) is 5.69 Å². The number of hydrogen-bond donors (Lipinski definition) is 1. The molecule has 90 valence electrons. The summed E-state index contributed by atoms with van der Waals surface area (Å²) >= 11 is 1.93. The maximum Gasteiger partial charge on any atom is 0.431 e. The van der Waals surface area contributed by atoms with Gasteiger partial charge in [0.05, 0.1) is 10.9 Å². The molecule has 1 aromatic carbocycles. The van der Waals surface area contributed by atoms with E-state index in [1.54, 1.807) is 19.1 Å². The lowest BCUT2D eigenvalue weighted by Crippen LogP contribution is -2.15. The van der Waals surface area contributed by atoms with Crippen LogP contribution < -0.4 is 5.43 Å². The van der Waals surface area contributed by atoms with Gasteiger partial charge in [-0.25, -0.2) is 0 Å². The molecule has 0 atom stereocenters. The predicted molar refractivity (Wildman–Crippen MR) is 67.0 cm³/mol. The summed E-state index contributed by atoms with van der Waals surface area (Å²) in [6.45, 7) is 1.66. The van der Waals surface area contributed by atoms with Crippen LogP contribution in [0, 0.1) is 10.5 Å². The van der Waals surface area contributed by atoms with Crippen LogP contribution in [0.25, 0.3) is 10.9 Å². The fraction of sp³-hybridized carbons (Fsp3) is 0.182. The summed E-state index contributed by atoms with van der Waals surface area (Å²) in [5, 5.41) is 0.304. The molecule has 0 aliphatic carbocycles. The largest absolute Gasteiger partial charge is 0.431 e. The Morgan fingerprint density at radius 3 is 2.53 bits per heavy atom. The minimum absolute atomic E-state index is 0.247. The van der Waals surface area contributed by atoms with Gasteiger partial charge in [-0.05, 0) is 41.1 Å². The summed E-state index contributed by atoms with van der Waals surface area (Å²) in [6, 6.07) is 3.99. The van der Waals surface area contributed by atoms with Gasteiger partial charge < -0.3 is 4.98 Å². The van der Waals surface area contributed by atoms with E-state index in [1.165, 1.54) is 0 Å². The summed E-state index contributed by atoms with van der Waals surface area (Å²) in [4.78, 5) is 14.0. The van der Waals surface area contributed by atoms with E-state index >= 15 is 0 Å². The number of rotatable bonds is 0. The Hall–Kier alpha value is -1.05. The first kappa shape index (κ1) is 12.4. The number of aromatic amines is 1. The number of pyridine rings is 1. The summed E-state index contributed by atoms with van der Waals surface area (Å²) < 4.78 is 38.3. The zero-order valence-corrected chi connectivity index (χ0v) is 10.8. The Balaban J connectivity index is 2.92. The molecular formula is C11H7F3INO. The van der Waals surface area contributed by atoms with E-state index < -0.39 is 17.3 Å².